The van der Waals surface area contributed by atoms with Gasteiger partial charge in [-0.3, -0.25) is 4.79 Å². The number of benzene rings is 1. The smallest absolute Gasteiger partial charge is 0.780 e. The van der Waals surface area contributed by atoms with Crippen LogP contribution < -0.4 is 78.7 Å². The molecule has 17 heavy (non-hydrogen) atoms. The molecule has 0 fully saturated rings. The maximum Gasteiger partial charge on any atom is 1.00 e. The largest absolute Gasteiger partial charge is 1.00 e. The molecule has 0 aliphatic carbocycles. The van der Waals surface area contributed by atoms with Crippen LogP contribution in [0.1, 0.15) is 6.92 Å². The van der Waals surface area contributed by atoms with E-state index >= 15 is 0 Å². The van der Waals surface area contributed by atoms with Gasteiger partial charge in [0.15, 0.2) is 0 Å². The average Bonchev–Trinajstić information content (AvgIpc) is 2.05. The SMILES string of the molecule is CC(=O)Nc1ccc(OP(=O)([O-])[O-])cc1.[Na+].[Na+]. The summed E-state index contributed by atoms with van der Waals surface area (Å²) in [5, 5.41) is 2.48. The Morgan fingerprint density at radius 2 is 1.71 bits per heavy atom. The summed E-state index contributed by atoms with van der Waals surface area (Å²) in [6.45, 7) is 1.34. The summed E-state index contributed by atoms with van der Waals surface area (Å²) >= 11 is 0. The van der Waals surface area contributed by atoms with Crippen LogP contribution in [-0.2, 0) is 9.36 Å². The maximum atomic E-state index is 10.6. The van der Waals surface area contributed by atoms with Crippen LogP contribution in [0.5, 0.6) is 5.75 Å². The first-order valence-electron chi connectivity index (χ1n) is 3.96. The van der Waals surface area contributed by atoms with Crippen LogP contribution in [0.4, 0.5) is 5.69 Å². The van der Waals surface area contributed by atoms with Gasteiger partial charge in [0.05, 0.1) is 0 Å². The molecule has 1 aromatic rings. The number of phosphoric acid groups is 1. The second-order valence-corrected chi connectivity index (χ2v) is 3.82. The van der Waals surface area contributed by atoms with E-state index in [9.17, 15) is 19.1 Å². The van der Waals surface area contributed by atoms with Gasteiger partial charge in [-0.15, -0.1) is 0 Å². The standard InChI is InChI=1S/C8H10NO5P.2Na/c1-6(10)9-7-2-4-8(5-3-7)14-15(11,12)13;;/h2-5H,1H3,(H,9,10)(H2,11,12,13);;/q;2*+1/p-2. The van der Waals surface area contributed by atoms with Gasteiger partial charge >= 0.3 is 59.1 Å². The number of nitrogens with one attached hydrogen (secondary N) is 1. The van der Waals surface area contributed by atoms with E-state index < -0.39 is 7.82 Å². The zero-order chi connectivity index (χ0) is 11.5. The van der Waals surface area contributed by atoms with Crippen molar-refractivity contribution in [2.24, 2.45) is 0 Å². The number of carbonyl (C=O) groups is 1. The van der Waals surface area contributed by atoms with Crippen LogP contribution in [-0.4, -0.2) is 5.91 Å². The van der Waals surface area contributed by atoms with Crippen molar-refractivity contribution in [1.82, 2.24) is 0 Å². The minimum absolute atomic E-state index is 0. The van der Waals surface area contributed by atoms with Gasteiger partial charge in [-0.2, -0.15) is 0 Å². The second-order valence-electron chi connectivity index (χ2n) is 2.74. The molecular weight excluding hydrogens is 267 g/mol. The van der Waals surface area contributed by atoms with Crippen molar-refractivity contribution in [2.45, 2.75) is 6.92 Å². The molecule has 0 aliphatic rings. The first-order chi connectivity index (χ1) is 6.87. The summed E-state index contributed by atoms with van der Waals surface area (Å²) in [6.07, 6.45) is 0. The fraction of sp³-hybridized carbons (Fsp3) is 0.125. The Kier molecular flexibility index (Phi) is 10.2. The number of rotatable bonds is 3. The van der Waals surface area contributed by atoms with Gasteiger partial charge in [0.1, 0.15) is 13.6 Å². The number of carbonyl (C=O) groups excluding carboxylic acids is 1. The minimum Gasteiger partial charge on any atom is -0.780 e. The predicted molar refractivity (Wildman–Crippen MR) is 49.0 cm³/mol. The van der Waals surface area contributed by atoms with Gasteiger partial charge in [0.25, 0.3) is 0 Å². The fourth-order valence-electron chi connectivity index (χ4n) is 0.931. The van der Waals surface area contributed by atoms with Crippen molar-refractivity contribution in [1.29, 1.82) is 0 Å². The van der Waals surface area contributed by atoms with Crippen molar-refractivity contribution < 1.29 is 82.8 Å². The molecule has 0 unspecified atom stereocenters. The molecule has 0 bridgehead atoms. The van der Waals surface area contributed by atoms with E-state index in [1.54, 1.807) is 0 Å². The van der Waals surface area contributed by atoms with Gasteiger partial charge in [-0.25, -0.2) is 0 Å². The molecule has 0 aromatic heterocycles. The van der Waals surface area contributed by atoms with Gasteiger partial charge in [-0.05, 0) is 24.3 Å². The molecule has 9 heteroatoms. The summed E-state index contributed by atoms with van der Waals surface area (Å²) in [5.74, 6) is -0.334. The quantitative estimate of drug-likeness (QED) is 0.437. The molecule has 0 radical (unpaired) electrons. The van der Waals surface area contributed by atoms with Crippen molar-refractivity contribution in [2.75, 3.05) is 5.32 Å². The predicted octanol–water partition coefficient (Wildman–Crippen LogP) is -6.14. The van der Waals surface area contributed by atoms with Crippen molar-refractivity contribution >= 4 is 19.4 Å². The molecule has 1 aromatic carbocycles. The Morgan fingerprint density at radius 1 is 1.24 bits per heavy atom. The molecule has 0 heterocycles. The van der Waals surface area contributed by atoms with Gasteiger partial charge in [-0.1, -0.05) is 0 Å². The third-order valence-corrected chi connectivity index (χ3v) is 1.83. The molecule has 1 rings (SSSR count). The van der Waals surface area contributed by atoms with E-state index in [2.05, 4.69) is 9.84 Å². The zero-order valence-electron chi connectivity index (χ0n) is 9.80. The zero-order valence-corrected chi connectivity index (χ0v) is 14.7. The molecular formula is C8H8NNa2O5P. The van der Waals surface area contributed by atoms with Gasteiger partial charge in [0, 0.05) is 12.6 Å². The van der Waals surface area contributed by atoms with Crippen LogP contribution in [0.25, 0.3) is 0 Å². The Balaban J connectivity index is 0. The molecule has 0 spiro atoms. The fourth-order valence-corrected chi connectivity index (χ4v) is 1.31. The van der Waals surface area contributed by atoms with Crippen LogP contribution in [0.2, 0.25) is 0 Å². The van der Waals surface area contributed by atoms with E-state index in [4.69, 9.17) is 0 Å². The third kappa shape index (κ3) is 9.25. The molecule has 1 N–H and O–H groups in total. The summed E-state index contributed by atoms with van der Waals surface area (Å²) in [7, 11) is -5.02. The Bertz CT molecular complexity index is 405. The summed E-state index contributed by atoms with van der Waals surface area (Å²) < 4.78 is 14.3. The normalized spacial score (nSPS) is 9.59. The Morgan fingerprint density at radius 3 is 2.06 bits per heavy atom. The first kappa shape index (κ1) is 20.0. The van der Waals surface area contributed by atoms with Crippen LogP contribution in [0, 0.1) is 0 Å². The van der Waals surface area contributed by atoms with E-state index in [0.29, 0.717) is 5.69 Å². The first-order valence-corrected chi connectivity index (χ1v) is 5.42. The van der Waals surface area contributed by atoms with E-state index in [-0.39, 0.29) is 70.8 Å². The number of hydrogen-bond acceptors (Lipinski definition) is 5. The second kappa shape index (κ2) is 8.69. The van der Waals surface area contributed by atoms with E-state index in [1.165, 1.54) is 31.2 Å². The average molecular weight is 275 g/mol. The van der Waals surface area contributed by atoms with Crippen LogP contribution >= 0.6 is 7.82 Å². The third-order valence-electron chi connectivity index (χ3n) is 1.39. The molecule has 0 saturated heterocycles. The Hall–Kier alpha value is 0.640. The topological polar surface area (TPSA) is 102 Å². The van der Waals surface area contributed by atoms with Gasteiger partial charge < -0.3 is 24.2 Å². The van der Waals surface area contributed by atoms with Crippen molar-refractivity contribution in [3.63, 3.8) is 0 Å². The number of phosphoric ester groups is 1. The van der Waals surface area contributed by atoms with Crippen LogP contribution in [0.15, 0.2) is 24.3 Å². The molecule has 1 amide bonds. The number of anilines is 1. The van der Waals surface area contributed by atoms with E-state index in [0.717, 1.165) is 0 Å². The van der Waals surface area contributed by atoms with E-state index in [1.807, 2.05) is 0 Å². The monoisotopic (exact) mass is 275 g/mol. The van der Waals surface area contributed by atoms with Crippen LogP contribution in [0.3, 0.4) is 0 Å². The van der Waals surface area contributed by atoms with Crippen molar-refractivity contribution in [3.8, 4) is 5.75 Å². The Labute approximate surface area is 143 Å². The van der Waals surface area contributed by atoms with Crippen molar-refractivity contribution in [3.05, 3.63) is 24.3 Å². The summed E-state index contributed by atoms with van der Waals surface area (Å²) in [4.78, 5) is 31.1. The summed E-state index contributed by atoms with van der Waals surface area (Å²) in [5.41, 5.74) is 0.487. The number of hydrogen-bond donors (Lipinski definition) is 1. The maximum absolute atomic E-state index is 10.6. The van der Waals surface area contributed by atoms with Gasteiger partial charge in [0.2, 0.25) is 5.91 Å². The molecule has 0 atom stereocenters. The molecule has 82 valence electrons. The molecule has 6 nitrogen and oxygen atoms in total. The minimum atomic E-state index is -5.02. The molecule has 0 saturated carbocycles. The molecule has 0 aliphatic heterocycles. The summed E-state index contributed by atoms with van der Waals surface area (Å²) in [6, 6.07) is 5.39. The number of amides is 1.